The van der Waals surface area contributed by atoms with Crippen molar-refractivity contribution in [1.82, 2.24) is 25.5 Å². The lowest BCUT2D eigenvalue weighted by Gasteiger charge is -2.18. The number of rotatable bonds is 11. The summed E-state index contributed by atoms with van der Waals surface area (Å²) in [6, 6.07) is 10.6. The van der Waals surface area contributed by atoms with Gasteiger partial charge in [0.1, 0.15) is 29.2 Å². The maximum atomic E-state index is 13.1. The lowest BCUT2D eigenvalue weighted by atomic mass is 9.96. The number of hydrogen-bond acceptors (Lipinski definition) is 9. The number of aryl methyl sites for hydroxylation is 1. The van der Waals surface area contributed by atoms with E-state index in [0.717, 1.165) is 12.8 Å². The van der Waals surface area contributed by atoms with Gasteiger partial charge in [-0.15, -0.1) is 10.2 Å². The van der Waals surface area contributed by atoms with Crippen LogP contribution in [-0.2, 0) is 24.2 Å². The number of amides is 1. The Labute approximate surface area is 218 Å². The highest BCUT2D eigenvalue weighted by Crippen LogP contribution is 2.46. The van der Waals surface area contributed by atoms with Gasteiger partial charge in [0, 0.05) is 11.9 Å². The number of H-pyrrole nitrogens is 1. The van der Waals surface area contributed by atoms with Crippen molar-refractivity contribution in [1.29, 1.82) is 0 Å². The quantitative estimate of drug-likeness (QED) is 0.271. The Balaban J connectivity index is 1.70. The third-order valence-electron chi connectivity index (χ3n) is 5.91. The fourth-order valence-electron chi connectivity index (χ4n) is 4.06. The molecule has 0 fully saturated rings. The lowest BCUT2D eigenvalue weighted by molar-refractivity contribution is -0.120. The normalized spacial score (nSPS) is 10.8. The van der Waals surface area contributed by atoms with Crippen LogP contribution in [0.25, 0.3) is 22.6 Å². The van der Waals surface area contributed by atoms with Gasteiger partial charge in [-0.2, -0.15) is 0 Å². The van der Waals surface area contributed by atoms with Gasteiger partial charge < -0.3 is 29.3 Å². The Bertz CT molecular complexity index is 1440. The molecule has 198 valence electrons. The first-order valence-corrected chi connectivity index (χ1v) is 12.2. The van der Waals surface area contributed by atoms with Crippen LogP contribution in [0.15, 0.2) is 51.8 Å². The highest BCUT2D eigenvalue weighted by atomic mass is 16.5. The molecule has 0 radical (unpaired) electrons. The number of pyridine rings is 2. The number of carbonyl (C=O) groups excluding carboxylic acids is 1. The number of aromatic hydroxyl groups is 1. The molecule has 11 nitrogen and oxygen atoms in total. The van der Waals surface area contributed by atoms with Gasteiger partial charge in [0.15, 0.2) is 0 Å². The number of benzene rings is 1. The second-order valence-corrected chi connectivity index (χ2v) is 8.45. The molecule has 3 heterocycles. The minimum Gasteiger partial charge on any atom is -0.506 e. The standard InChI is InChI=1S/C27H29N5O6/c1-4-5-10-17-22(23-18(36-2)11-8-12-19(23)37-3)25(34)24(26(35)30-17)27-32-31-21(38-27)14-20(33)29-15-16-9-6-7-13-28-16/h6-9,11-13H,4-5,10,14-15H2,1-3H3,(H,29,33)(H2,30,34,35). The van der Waals surface area contributed by atoms with Gasteiger partial charge in [0.25, 0.3) is 11.4 Å². The van der Waals surface area contributed by atoms with Crippen molar-refractivity contribution in [2.75, 3.05) is 14.2 Å². The minimum atomic E-state index is -0.596. The van der Waals surface area contributed by atoms with Crippen LogP contribution < -0.4 is 20.3 Å². The average Bonchev–Trinajstić information content (AvgIpc) is 3.38. The first-order valence-electron chi connectivity index (χ1n) is 12.2. The molecular formula is C27H29N5O6. The number of hydrogen-bond donors (Lipinski definition) is 3. The predicted molar refractivity (Wildman–Crippen MR) is 139 cm³/mol. The van der Waals surface area contributed by atoms with E-state index in [1.807, 2.05) is 13.0 Å². The van der Waals surface area contributed by atoms with Crippen LogP contribution in [0.5, 0.6) is 17.2 Å². The number of carbonyl (C=O) groups is 1. The van der Waals surface area contributed by atoms with Crippen molar-refractivity contribution in [3.8, 4) is 39.8 Å². The third kappa shape index (κ3) is 5.66. The van der Waals surface area contributed by atoms with Gasteiger partial charge in [0.05, 0.1) is 37.6 Å². The summed E-state index contributed by atoms with van der Waals surface area (Å²) in [6.45, 7) is 2.27. The maximum absolute atomic E-state index is 13.1. The van der Waals surface area contributed by atoms with Crippen molar-refractivity contribution < 1.29 is 23.8 Å². The number of unbranched alkanes of at least 4 members (excludes halogenated alkanes) is 1. The largest absolute Gasteiger partial charge is 0.506 e. The van der Waals surface area contributed by atoms with Crippen molar-refractivity contribution in [2.24, 2.45) is 0 Å². The monoisotopic (exact) mass is 519 g/mol. The van der Waals surface area contributed by atoms with Crippen molar-refractivity contribution in [2.45, 2.75) is 39.2 Å². The SMILES string of the molecule is CCCCc1[nH]c(=O)c(-c2nnc(CC(=O)NCc3ccccn3)o2)c(O)c1-c1c(OC)cccc1OC. The summed E-state index contributed by atoms with van der Waals surface area (Å²) in [7, 11) is 3.02. The molecule has 0 saturated heterocycles. The number of ether oxygens (including phenoxy) is 2. The van der Waals surface area contributed by atoms with E-state index in [0.29, 0.717) is 40.4 Å². The molecule has 0 unspecified atom stereocenters. The molecule has 3 aromatic heterocycles. The van der Waals surface area contributed by atoms with E-state index in [-0.39, 0.29) is 42.0 Å². The van der Waals surface area contributed by atoms with Crippen molar-refractivity contribution in [3.05, 3.63) is 70.2 Å². The summed E-state index contributed by atoms with van der Waals surface area (Å²) >= 11 is 0. The van der Waals surface area contributed by atoms with E-state index in [1.54, 1.807) is 36.5 Å². The first-order chi connectivity index (χ1) is 18.5. The Morgan fingerprint density at radius 2 is 1.82 bits per heavy atom. The van der Waals surface area contributed by atoms with Gasteiger partial charge in [-0.3, -0.25) is 14.6 Å². The second-order valence-electron chi connectivity index (χ2n) is 8.45. The van der Waals surface area contributed by atoms with E-state index in [9.17, 15) is 14.7 Å². The van der Waals surface area contributed by atoms with Crippen LogP contribution >= 0.6 is 0 Å². The van der Waals surface area contributed by atoms with Gasteiger partial charge in [-0.1, -0.05) is 25.5 Å². The number of methoxy groups -OCH3 is 2. The van der Waals surface area contributed by atoms with Gasteiger partial charge in [0.2, 0.25) is 11.8 Å². The molecule has 0 aliphatic rings. The van der Waals surface area contributed by atoms with Gasteiger partial charge in [-0.25, -0.2) is 0 Å². The first kappa shape index (κ1) is 26.4. The van der Waals surface area contributed by atoms with E-state index < -0.39 is 5.56 Å². The molecule has 4 rings (SSSR count). The van der Waals surface area contributed by atoms with E-state index in [1.165, 1.54) is 14.2 Å². The fraction of sp³-hybridized carbons (Fsp3) is 0.296. The summed E-state index contributed by atoms with van der Waals surface area (Å²) in [6.07, 6.45) is 3.58. The number of nitrogens with zero attached hydrogens (tertiary/aromatic N) is 3. The molecule has 0 aliphatic heterocycles. The Morgan fingerprint density at radius 1 is 1.05 bits per heavy atom. The summed E-state index contributed by atoms with van der Waals surface area (Å²) in [5.41, 5.74) is 1.24. The van der Waals surface area contributed by atoms with Crippen LogP contribution in [-0.4, -0.2) is 45.4 Å². The molecule has 3 N–H and O–H groups in total. The summed E-state index contributed by atoms with van der Waals surface area (Å²) in [5, 5.41) is 22.0. The molecule has 1 aromatic carbocycles. The minimum absolute atomic E-state index is 0.0104. The number of nitrogens with one attached hydrogen (secondary N) is 2. The molecule has 4 aromatic rings. The van der Waals surface area contributed by atoms with E-state index in [2.05, 4.69) is 25.5 Å². The number of aromatic amines is 1. The smallest absolute Gasteiger partial charge is 0.264 e. The Morgan fingerprint density at radius 3 is 2.47 bits per heavy atom. The zero-order chi connectivity index (χ0) is 27.1. The zero-order valence-electron chi connectivity index (χ0n) is 21.4. The van der Waals surface area contributed by atoms with Crippen molar-refractivity contribution >= 4 is 5.91 Å². The molecule has 38 heavy (non-hydrogen) atoms. The summed E-state index contributed by atoms with van der Waals surface area (Å²) in [4.78, 5) is 32.5. The molecule has 0 aliphatic carbocycles. The van der Waals surface area contributed by atoms with Gasteiger partial charge in [-0.05, 0) is 37.1 Å². The second kappa shape index (κ2) is 12.0. The molecular weight excluding hydrogens is 490 g/mol. The van der Waals surface area contributed by atoms with Gasteiger partial charge >= 0.3 is 0 Å². The fourth-order valence-corrected chi connectivity index (χ4v) is 4.06. The highest BCUT2D eigenvalue weighted by molar-refractivity contribution is 5.87. The molecule has 0 bridgehead atoms. The molecule has 0 spiro atoms. The van der Waals surface area contributed by atoms with E-state index in [4.69, 9.17) is 13.9 Å². The summed E-state index contributed by atoms with van der Waals surface area (Å²) < 4.78 is 16.7. The van der Waals surface area contributed by atoms with Crippen LogP contribution in [0, 0.1) is 0 Å². The maximum Gasteiger partial charge on any atom is 0.264 e. The van der Waals surface area contributed by atoms with Crippen LogP contribution in [0.1, 0.15) is 37.0 Å². The number of aromatic nitrogens is 4. The van der Waals surface area contributed by atoms with Crippen molar-refractivity contribution in [3.63, 3.8) is 0 Å². The third-order valence-corrected chi connectivity index (χ3v) is 5.91. The van der Waals surface area contributed by atoms with Crippen LogP contribution in [0.3, 0.4) is 0 Å². The summed E-state index contributed by atoms with van der Waals surface area (Å²) in [5.74, 6) is -0.0366. The van der Waals surface area contributed by atoms with Crippen LogP contribution in [0.2, 0.25) is 0 Å². The molecule has 0 saturated carbocycles. The molecule has 11 heteroatoms. The Kier molecular flexibility index (Phi) is 8.37. The predicted octanol–water partition coefficient (Wildman–Crippen LogP) is 3.41. The highest BCUT2D eigenvalue weighted by Gasteiger charge is 2.27. The van der Waals surface area contributed by atoms with Crippen LogP contribution in [0.4, 0.5) is 0 Å². The Hall–Kier alpha value is -4.67. The van der Waals surface area contributed by atoms with E-state index >= 15 is 0 Å². The topological polar surface area (TPSA) is 152 Å². The molecule has 1 amide bonds. The lowest BCUT2D eigenvalue weighted by Crippen LogP contribution is -2.25. The average molecular weight is 520 g/mol. The molecule has 0 atom stereocenters. The zero-order valence-corrected chi connectivity index (χ0v) is 21.4.